The molecule has 0 aromatic carbocycles. The van der Waals surface area contributed by atoms with E-state index in [9.17, 15) is 14.7 Å². The number of furan rings is 1. The van der Waals surface area contributed by atoms with Crippen molar-refractivity contribution in [2.75, 3.05) is 13.1 Å². The monoisotopic (exact) mass is 295 g/mol. The molecule has 0 saturated carbocycles. The van der Waals surface area contributed by atoms with Gasteiger partial charge in [-0.25, -0.2) is 4.79 Å². The number of amides is 1. The average molecular weight is 295 g/mol. The average Bonchev–Trinajstić information content (AvgIpc) is 2.90. The van der Waals surface area contributed by atoms with Crippen LogP contribution in [0.2, 0.25) is 0 Å². The minimum atomic E-state index is -1.72. The zero-order valence-corrected chi connectivity index (χ0v) is 12.4. The first-order valence-electron chi connectivity index (χ1n) is 7.28. The predicted octanol–water partition coefficient (Wildman–Crippen LogP) is 1.46. The minimum Gasteiger partial charge on any atom is -0.479 e. The van der Waals surface area contributed by atoms with Crippen LogP contribution in [0.4, 0.5) is 0 Å². The summed E-state index contributed by atoms with van der Waals surface area (Å²) in [5.41, 5.74) is -0.691. The third-order valence-corrected chi connectivity index (χ3v) is 4.09. The molecule has 0 unspecified atom stereocenters. The molecule has 1 aliphatic rings. The molecule has 116 valence electrons. The number of rotatable bonds is 4. The standard InChI is InChI=1S/C15H21NO5/c1-3-10-9-12(21-11(10)4-2)13(17)16-7-5-15(20,6-8-16)14(18)19/h9,20H,3-8H2,1-2H3,(H,18,19). The second kappa shape index (κ2) is 5.89. The van der Waals surface area contributed by atoms with Crippen LogP contribution in [-0.2, 0) is 17.6 Å². The lowest BCUT2D eigenvalue weighted by Crippen LogP contribution is -2.50. The maximum absolute atomic E-state index is 12.4. The molecule has 1 aromatic heterocycles. The first-order valence-corrected chi connectivity index (χ1v) is 7.28. The summed E-state index contributed by atoms with van der Waals surface area (Å²) in [5, 5.41) is 18.9. The highest BCUT2D eigenvalue weighted by molar-refractivity contribution is 5.92. The van der Waals surface area contributed by atoms with Crippen LogP contribution in [-0.4, -0.2) is 45.7 Å². The highest BCUT2D eigenvalue weighted by atomic mass is 16.4. The van der Waals surface area contributed by atoms with E-state index in [0.29, 0.717) is 5.76 Å². The zero-order valence-electron chi connectivity index (χ0n) is 12.4. The third kappa shape index (κ3) is 2.95. The fourth-order valence-corrected chi connectivity index (χ4v) is 2.62. The summed E-state index contributed by atoms with van der Waals surface area (Å²) in [4.78, 5) is 24.9. The number of piperidine rings is 1. The Morgan fingerprint density at radius 2 is 1.90 bits per heavy atom. The molecule has 1 aromatic rings. The van der Waals surface area contributed by atoms with E-state index >= 15 is 0 Å². The van der Waals surface area contributed by atoms with Crippen molar-refractivity contribution in [2.45, 2.75) is 45.1 Å². The summed E-state index contributed by atoms with van der Waals surface area (Å²) in [7, 11) is 0. The van der Waals surface area contributed by atoms with Gasteiger partial charge in [-0.05, 0) is 18.1 Å². The first kappa shape index (κ1) is 15.6. The molecule has 0 radical (unpaired) electrons. The van der Waals surface area contributed by atoms with Crippen molar-refractivity contribution in [2.24, 2.45) is 0 Å². The summed E-state index contributed by atoms with van der Waals surface area (Å²) >= 11 is 0. The van der Waals surface area contributed by atoms with Crippen molar-refractivity contribution in [1.82, 2.24) is 4.90 Å². The maximum atomic E-state index is 12.4. The number of nitrogens with zero attached hydrogens (tertiary/aromatic N) is 1. The molecule has 2 N–H and O–H groups in total. The molecular weight excluding hydrogens is 274 g/mol. The Morgan fingerprint density at radius 3 is 2.33 bits per heavy atom. The number of likely N-dealkylation sites (tertiary alicyclic amines) is 1. The topological polar surface area (TPSA) is 91.0 Å². The smallest absolute Gasteiger partial charge is 0.335 e. The second-order valence-corrected chi connectivity index (χ2v) is 5.40. The van der Waals surface area contributed by atoms with Crippen LogP contribution in [0.25, 0.3) is 0 Å². The lowest BCUT2D eigenvalue weighted by atomic mass is 9.91. The molecule has 2 heterocycles. The lowest BCUT2D eigenvalue weighted by molar-refractivity contribution is -0.162. The number of carboxylic acid groups (broad SMARTS) is 1. The van der Waals surface area contributed by atoms with Gasteiger partial charge in [0, 0.05) is 32.4 Å². The highest BCUT2D eigenvalue weighted by Gasteiger charge is 2.40. The number of carboxylic acids is 1. The van der Waals surface area contributed by atoms with Crippen molar-refractivity contribution in [1.29, 1.82) is 0 Å². The second-order valence-electron chi connectivity index (χ2n) is 5.40. The van der Waals surface area contributed by atoms with E-state index in [1.165, 1.54) is 4.90 Å². The van der Waals surface area contributed by atoms with E-state index in [2.05, 4.69) is 0 Å². The number of carbonyl (C=O) groups is 2. The van der Waals surface area contributed by atoms with E-state index in [0.717, 1.165) is 24.2 Å². The Balaban J connectivity index is 2.08. The first-order chi connectivity index (χ1) is 9.91. The highest BCUT2D eigenvalue weighted by Crippen LogP contribution is 2.25. The van der Waals surface area contributed by atoms with Crippen molar-refractivity contribution in [3.8, 4) is 0 Å². The fourth-order valence-electron chi connectivity index (χ4n) is 2.62. The summed E-state index contributed by atoms with van der Waals surface area (Å²) in [6.45, 7) is 4.41. The van der Waals surface area contributed by atoms with Crippen LogP contribution in [0.5, 0.6) is 0 Å². The molecular formula is C15H21NO5. The largest absolute Gasteiger partial charge is 0.479 e. The van der Waals surface area contributed by atoms with Crippen LogP contribution in [0.3, 0.4) is 0 Å². The van der Waals surface area contributed by atoms with Crippen molar-refractivity contribution in [3.63, 3.8) is 0 Å². The van der Waals surface area contributed by atoms with Gasteiger partial charge in [-0.3, -0.25) is 4.79 Å². The van der Waals surface area contributed by atoms with Gasteiger partial charge in [0.15, 0.2) is 11.4 Å². The Hall–Kier alpha value is -1.82. The number of hydrogen-bond acceptors (Lipinski definition) is 4. The summed E-state index contributed by atoms with van der Waals surface area (Å²) in [5.74, 6) is -0.352. The maximum Gasteiger partial charge on any atom is 0.335 e. The van der Waals surface area contributed by atoms with Gasteiger partial charge < -0.3 is 19.5 Å². The number of carbonyl (C=O) groups excluding carboxylic acids is 1. The molecule has 1 amide bonds. The van der Waals surface area contributed by atoms with Crippen molar-refractivity contribution in [3.05, 3.63) is 23.2 Å². The molecule has 1 saturated heterocycles. The summed E-state index contributed by atoms with van der Waals surface area (Å²) in [6.07, 6.45) is 1.61. The Bertz CT molecular complexity index is 519. The van der Waals surface area contributed by atoms with Gasteiger partial charge in [-0.2, -0.15) is 0 Å². The van der Waals surface area contributed by atoms with Gasteiger partial charge in [-0.1, -0.05) is 13.8 Å². The van der Waals surface area contributed by atoms with Gasteiger partial charge in [0.1, 0.15) is 5.76 Å². The SMILES string of the molecule is CCc1cc(C(=O)N2CCC(O)(C(=O)O)CC2)oc1CC. The van der Waals surface area contributed by atoms with Gasteiger partial charge in [-0.15, -0.1) is 0 Å². The number of aliphatic carboxylic acids is 1. The van der Waals surface area contributed by atoms with Crippen LogP contribution in [0.1, 0.15) is 48.6 Å². The predicted molar refractivity (Wildman–Crippen MR) is 75.2 cm³/mol. The van der Waals surface area contributed by atoms with E-state index in [-0.39, 0.29) is 31.8 Å². The number of aryl methyl sites for hydroxylation is 2. The quantitative estimate of drug-likeness (QED) is 0.877. The van der Waals surface area contributed by atoms with Gasteiger partial charge >= 0.3 is 5.97 Å². The van der Waals surface area contributed by atoms with Gasteiger partial charge in [0.25, 0.3) is 5.91 Å². The summed E-state index contributed by atoms with van der Waals surface area (Å²) in [6, 6.07) is 1.76. The summed E-state index contributed by atoms with van der Waals surface area (Å²) < 4.78 is 5.60. The Morgan fingerprint density at radius 1 is 1.29 bits per heavy atom. The normalized spacial score (nSPS) is 17.8. The zero-order chi connectivity index (χ0) is 15.6. The number of hydrogen-bond donors (Lipinski definition) is 2. The van der Waals surface area contributed by atoms with Crippen LogP contribution in [0.15, 0.2) is 10.5 Å². The lowest BCUT2D eigenvalue weighted by Gasteiger charge is -2.34. The Labute approximate surface area is 123 Å². The molecule has 0 atom stereocenters. The Kier molecular flexibility index (Phi) is 4.37. The van der Waals surface area contributed by atoms with Crippen LogP contribution < -0.4 is 0 Å². The molecule has 0 spiro atoms. The molecule has 0 aliphatic carbocycles. The molecule has 1 aliphatic heterocycles. The van der Waals surface area contributed by atoms with Gasteiger partial charge in [0.2, 0.25) is 0 Å². The van der Waals surface area contributed by atoms with Crippen molar-refractivity contribution >= 4 is 11.9 Å². The molecule has 21 heavy (non-hydrogen) atoms. The van der Waals surface area contributed by atoms with Crippen LogP contribution in [0, 0.1) is 0 Å². The third-order valence-electron chi connectivity index (χ3n) is 4.09. The molecule has 0 bridgehead atoms. The molecule has 1 fully saturated rings. The van der Waals surface area contributed by atoms with Crippen molar-refractivity contribution < 1.29 is 24.2 Å². The fraction of sp³-hybridized carbons (Fsp3) is 0.600. The minimum absolute atomic E-state index is 0.0377. The van der Waals surface area contributed by atoms with Crippen LogP contribution >= 0.6 is 0 Å². The van der Waals surface area contributed by atoms with Gasteiger partial charge in [0.05, 0.1) is 0 Å². The molecule has 6 nitrogen and oxygen atoms in total. The number of aliphatic hydroxyl groups is 1. The van der Waals surface area contributed by atoms with E-state index in [1.54, 1.807) is 6.07 Å². The van der Waals surface area contributed by atoms with E-state index < -0.39 is 11.6 Å². The van der Waals surface area contributed by atoms with E-state index in [4.69, 9.17) is 9.52 Å². The van der Waals surface area contributed by atoms with E-state index in [1.807, 2.05) is 13.8 Å². The molecule has 6 heteroatoms. The molecule has 2 rings (SSSR count).